The molecule has 2 fully saturated rings. The number of piperidine rings is 1. The van der Waals surface area contributed by atoms with Crippen LogP contribution in [0.2, 0.25) is 0 Å². The topological polar surface area (TPSA) is 133 Å². The summed E-state index contributed by atoms with van der Waals surface area (Å²) in [5, 5.41) is 15.8. The number of rotatable bonds is 9. The Balaban J connectivity index is 1.64. The zero-order valence-electron chi connectivity index (χ0n) is 23.7. The molecular weight excluding hydrogens is 518 g/mol. The van der Waals surface area contributed by atoms with Gasteiger partial charge in [0.1, 0.15) is 22.3 Å². The number of nitrogens with zero attached hydrogens (tertiary/aromatic N) is 2. The van der Waals surface area contributed by atoms with Gasteiger partial charge in [0.2, 0.25) is 10.0 Å². The molecule has 4 N–H and O–H groups in total. The molecule has 1 saturated carbocycles. The Morgan fingerprint density at radius 3 is 2.31 bits per heavy atom. The predicted octanol–water partition coefficient (Wildman–Crippen LogP) is 3.98. The maximum atomic E-state index is 13.6. The van der Waals surface area contributed by atoms with Crippen molar-refractivity contribution >= 4 is 33.3 Å². The molecule has 1 spiro atoms. The quantitative estimate of drug-likeness (QED) is 0.363. The number of ether oxygens (including phenoxy) is 1. The van der Waals surface area contributed by atoms with Crippen LogP contribution in [0.5, 0.6) is 5.75 Å². The minimum absolute atomic E-state index is 0.0624. The van der Waals surface area contributed by atoms with Gasteiger partial charge in [0, 0.05) is 24.3 Å². The fraction of sp³-hybridized carbons (Fsp3) is 0.571. The van der Waals surface area contributed by atoms with Crippen molar-refractivity contribution in [3.63, 3.8) is 0 Å². The molecule has 1 aromatic carbocycles. The first kappa shape index (κ1) is 29.1. The standard InChI is InChI=1S/C28H41N5O5S/c1-26(2,3)32-39(36,37)22-17-19(7-9-21(22)38-6)29-25(35)20-8-10-23(31-27(4,5)18-34)30-24(20)33-15-13-28(11-12-28)14-16-33/h7-10,17,32,34H,11-16,18H2,1-6H3,(H,29,35)(H,30,31). The molecule has 39 heavy (non-hydrogen) atoms. The maximum absolute atomic E-state index is 13.6. The molecule has 214 valence electrons. The number of nitrogens with one attached hydrogen (secondary N) is 3. The largest absolute Gasteiger partial charge is 0.495 e. The van der Waals surface area contributed by atoms with Crippen LogP contribution in [0.3, 0.4) is 0 Å². The third kappa shape index (κ3) is 7.01. The summed E-state index contributed by atoms with van der Waals surface area (Å²) in [7, 11) is -2.51. The van der Waals surface area contributed by atoms with Gasteiger partial charge in [-0.25, -0.2) is 18.1 Å². The number of methoxy groups -OCH3 is 1. The number of sulfonamides is 1. The van der Waals surface area contributed by atoms with Gasteiger partial charge in [0.05, 0.1) is 24.8 Å². The van der Waals surface area contributed by atoms with Crippen LogP contribution in [0.4, 0.5) is 17.3 Å². The van der Waals surface area contributed by atoms with Crippen molar-refractivity contribution in [3.8, 4) is 5.75 Å². The van der Waals surface area contributed by atoms with E-state index in [0.29, 0.717) is 28.3 Å². The lowest BCUT2D eigenvalue weighted by Crippen LogP contribution is -2.40. The number of anilines is 3. The Kier molecular flexibility index (Phi) is 7.90. The van der Waals surface area contributed by atoms with Crippen LogP contribution in [-0.4, -0.2) is 62.3 Å². The Hall–Kier alpha value is -2.89. The second-order valence-corrected chi connectivity index (χ2v) is 14.0. The number of carbonyl (C=O) groups excluding carboxylic acids is 1. The van der Waals surface area contributed by atoms with Gasteiger partial charge >= 0.3 is 0 Å². The van der Waals surface area contributed by atoms with E-state index in [1.54, 1.807) is 39.0 Å². The molecule has 2 aliphatic rings. The van der Waals surface area contributed by atoms with E-state index in [4.69, 9.17) is 9.72 Å². The molecule has 1 saturated heterocycles. The van der Waals surface area contributed by atoms with Gasteiger partial charge in [0.25, 0.3) is 5.91 Å². The minimum Gasteiger partial charge on any atom is -0.495 e. The number of benzene rings is 1. The number of aliphatic hydroxyl groups is 1. The monoisotopic (exact) mass is 559 g/mol. The molecule has 4 rings (SSSR count). The van der Waals surface area contributed by atoms with Crippen molar-refractivity contribution in [2.45, 2.75) is 76.3 Å². The van der Waals surface area contributed by atoms with E-state index in [0.717, 1.165) is 25.9 Å². The molecule has 2 aromatic rings. The molecule has 0 atom stereocenters. The molecule has 0 unspecified atom stereocenters. The summed E-state index contributed by atoms with van der Waals surface area (Å²) in [5.41, 5.74) is -0.112. The van der Waals surface area contributed by atoms with Crippen molar-refractivity contribution in [1.82, 2.24) is 9.71 Å². The Labute approximate surface area is 231 Å². The lowest BCUT2D eigenvalue weighted by molar-refractivity contribution is 0.102. The normalized spacial score (nSPS) is 17.2. The summed E-state index contributed by atoms with van der Waals surface area (Å²) in [6, 6.07) is 7.97. The maximum Gasteiger partial charge on any atom is 0.259 e. The summed E-state index contributed by atoms with van der Waals surface area (Å²) in [4.78, 5) is 20.5. The number of hydrogen-bond acceptors (Lipinski definition) is 8. The minimum atomic E-state index is -3.92. The van der Waals surface area contributed by atoms with Crippen molar-refractivity contribution in [2.24, 2.45) is 5.41 Å². The summed E-state index contributed by atoms with van der Waals surface area (Å²) in [6.07, 6.45) is 4.66. The number of pyridine rings is 1. The van der Waals surface area contributed by atoms with Crippen LogP contribution < -0.4 is 25.0 Å². The number of amides is 1. The van der Waals surface area contributed by atoms with Crippen LogP contribution >= 0.6 is 0 Å². The average molecular weight is 560 g/mol. The highest BCUT2D eigenvalue weighted by Gasteiger charge is 2.45. The highest BCUT2D eigenvalue weighted by molar-refractivity contribution is 7.89. The summed E-state index contributed by atoms with van der Waals surface area (Å²) < 4.78 is 34.1. The first-order chi connectivity index (χ1) is 18.2. The fourth-order valence-corrected chi connectivity index (χ4v) is 6.43. The zero-order valence-corrected chi connectivity index (χ0v) is 24.5. The van der Waals surface area contributed by atoms with E-state index in [9.17, 15) is 18.3 Å². The van der Waals surface area contributed by atoms with Crippen molar-refractivity contribution < 1.29 is 23.1 Å². The molecular formula is C28H41N5O5S. The van der Waals surface area contributed by atoms with Crippen molar-refractivity contribution in [2.75, 3.05) is 42.3 Å². The highest BCUT2D eigenvalue weighted by Crippen LogP contribution is 2.54. The number of carbonyl (C=O) groups is 1. The molecule has 1 amide bonds. The van der Waals surface area contributed by atoms with Gasteiger partial charge in [-0.3, -0.25) is 4.79 Å². The van der Waals surface area contributed by atoms with Crippen LogP contribution in [0, 0.1) is 5.41 Å². The summed E-state index contributed by atoms with van der Waals surface area (Å²) in [5.74, 6) is 0.918. The first-order valence-electron chi connectivity index (χ1n) is 13.3. The molecule has 1 aromatic heterocycles. The zero-order chi connectivity index (χ0) is 28.6. The second-order valence-electron chi connectivity index (χ2n) is 12.4. The third-order valence-corrected chi connectivity index (χ3v) is 8.99. The van der Waals surface area contributed by atoms with Crippen LogP contribution in [0.1, 0.15) is 70.7 Å². The lowest BCUT2D eigenvalue weighted by atomic mass is 9.93. The number of aliphatic hydroxyl groups excluding tert-OH is 1. The van der Waals surface area contributed by atoms with E-state index in [2.05, 4.69) is 20.3 Å². The molecule has 1 aliphatic heterocycles. The molecule has 2 heterocycles. The first-order valence-corrected chi connectivity index (χ1v) is 14.8. The van der Waals surface area contributed by atoms with Gasteiger partial charge in [-0.15, -0.1) is 0 Å². The number of aromatic nitrogens is 1. The van der Waals surface area contributed by atoms with E-state index < -0.39 is 27.0 Å². The molecule has 10 nitrogen and oxygen atoms in total. The molecule has 0 bridgehead atoms. The lowest BCUT2D eigenvalue weighted by Gasteiger charge is -2.34. The Bertz CT molecular complexity index is 1320. The number of hydrogen-bond donors (Lipinski definition) is 4. The highest BCUT2D eigenvalue weighted by atomic mass is 32.2. The van der Waals surface area contributed by atoms with Crippen LogP contribution in [-0.2, 0) is 10.0 Å². The SMILES string of the molecule is COc1ccc(NC(=O)c2ccc(NC(C)(C)CO)nc2N2CCC3(CC2)CC3)cc1S(=O)(=O)NC(C)(C)C. The second kappa shape index (κ2) is 10.6. The van der Waals surface area contributed by atoms with Gasteiger partial charge in [-0.1, -0.05) is 0 Å². The third-order valence-electron chi connectivity index (χ3n) is 7.21. The van der Waals surface area contributed by atoms with Gasteiger partial charge < -0.3 is 25.4 Å². The summed E-state index contributed by atoms with van der Waals surface area (Å²) >= 11 is 0. The van der Waals surface area contributed by atoms with E-state index in [-0.39, 0.29) is 17.3 Å². The van der Waals surface area contributed by atoms with E-state index in [1.165, 1.54) is 32.1 Å². The average Bonchev–Trinajstić information content (AvgIpc) is 3.61. The fourth-order valence-electron chi connectivity index (χ4n) is 4.81. The van der Waals surface area contributed by atoms with Gasteiger partial charge in [0.15, 0.2) is 0 Å². The van der Waals surface area contributed by atoms with Crippen molar-refractivity contribution in [3.05, 3.63) is 35.9 Å². The van der Waals surface area contributed by atoms with Crippen molar-refractivity contribution in [1.29, 1.82) is 0 Å². The Morgan fingerprint density at radius 1 is 1.08 bits per heavy atom. The Morgan fingerprint density at radius 2 is 1.74 bits per heavy atom. The summed E-state index contributed by atoms with van der Waals surface area (Å²) in [6.45, 7) is 10.5. The van der Waals surface area contributed by atoms with Crippen LogP contribution in [0.15, 0.2) is 35.2 Å². The smallest absolute Gasteiger partial charge is 0.259 e. The molecule has 0 radical (unpaired) electrons. The molecule has 11 heteroatoms. The van der Waals surface area contributed by atoms with Crippen LogP contribution in [0.25, 0.3) is 0 Å². The van der Waals surface area contributed by atoms with E-state index in [1.807, 2.05) is 13.8 Å². The molecule has 1 aliphatic carbocycles. The predicted molar refractivity (Wildman–Crippen MR) is 153 cm³/mol. The van der Waals surface area contributed by atoms with Gasteiger partial charge in [-0.2, -0.15) is 0 Å². The van der Waals surface area contributed by atoms with E-state index >= 15 is 0 Å². The van der Waals surface area contributed by atoms with Gasteiger partial charge in [-0.05, 0) is 96.0 Å².